The molecule has 4 rings (SSSR count). The van der Waals surface area contributed by atoms with Crippen molar-refractivity contribution in [1.29, 1.82) is 0 Å². The van der Waals surface area contributed by atoms with Gasteiger partial charge in [0.05, 0.1) is 10.2 Å². The number of hydrogen-bond donors (Lipinski definition) is 2. The van der Waals surface area contributed by atoms with Crippen molar-refractivity contribution in [3.05, 3.63) is 47.7 Å². The molecule has 0 bridgehead atoms. The molecule has 1 saturated heterocycles. The van der Waals surface area contributed by atoms with E-state index in [9.17, 15) is 13.6 Å². The summed E-state index contributed by atoms with van der Waals surface area (Å²) in [5, 5.41) is 12.2. The van der Waals surface area contributed by atoms with E-state index in [1.807, 2.05) is 11.8 Å². The number of fused-ring (bicyclic) bond motifs is 1. The van der Waals surface area contributed by atoms with Crippen LogP contribution in [0.1, 0.15) is 12.5 Å². The molecule has 2 amide bonds. The number of anilines is 2. The van der Waals surface area contributed by atoms with Gasteiger partial charge in [-0.05, 0) is 43.2 Å². The van der Waals surface area contributed by atoms with Crippen molar-refractivity contribution in [2.24, 2.45) is 0 Å². The molecule has 1 fully saturated rings. The Kier molecular flexibility index (Phi) is 5.78. The van der Waals surface area contributed by atoms with Crippen molar-refractivity contribution in [3.63, 3.8) is 0 Å². The highest BCUT2D eigenvalue weighted by molar-refractivity contribution is 7.22. The number of amides is 2. The van der Waals surface area contributed by atoms with Gasteiger partial charge in [0.15, 0.2) is 16.8 Å². The van der Waals surface area contributed by atoms with Crippen LogP contribution >= 0.6 is 11.3 Å². The first kappa shape index (κ1) is 20.4. The minimum atomic E-state index is -0.438. The molecular weight excluding hydrogens is 412 g/mol. The van der Waals surface area contributed by atoms with E-state index in [0.717, 1.165) is 0 Å². The summed E-state index contributed by atoms with van der Waals surface area (Å²) in [6.45, 7) is 3.07. The lowest BCUT2D eigenvalue weighted by Gasteiger charge is -2.40. The number of hydrogen-bond acceptors (Lipinski definition) is 6. The Morgan fingerprint density at radius 2 is 2.17 bits per heavy atom. The highest BCUT2D eigenvalue weighted by Gasteiger charge is 2.29. The van der Waals surface area contributed by atoms with E-state index in [2.05, 4.69) is 15.3 Å². The normalized spacial score (nSPS) is 16.9. The van der Waals surface area contributed by atoms with Gasteiger partial charge >= 0.3 is 6.03 Å². The predicted octanol–water partition coefficient (Wildman–Crippen LogP) is 3.25. The van der Waals surface area contributed by atoms with Gasteiger partial charge in [-0.15, -0.1) is 0 Å². The summed E-state index contributed by atoms with van der Waals surface area (Å²) < 4.78 is 28.5. The van der Waals surface area contributed by atoms with Crippen LogP contribution in [0.2, 0.25) is 0 Å². The van der Waals surface area contributed by atoms with Crippen molar-refractivity contribution in [1.82, 2.24) is 14.9 Å². The lowest BCUT2D eigenvalue weighted by Crippen LogP contribution is -2.55. The molecule has 1 aliphatic rings. The summed E-state index contributed by atoms with van der Waals surface area (Å²) in [6.07, 6.45) is 1.92. The van der Waals surface area contributed by atoms with Gasteiger partial charge in [-0.3, -0.25) is 5.32 Å². The molecule has 0 saturated carbocycles. The molecule has 3 heterocycles. The first-order valence-electron chi connectivity index (χ1n) is 9.58. The van der Waals surface area contributed by atoms with Gasteiger partial charge in [0.1, 0.15) is 5.82 Å². The van der Waals surface area contributed by atoms with E-state index in [0.29, 0.717) is 47.0 Å². The molecule has 2 N–H and O–H groups in total. The van der Waals surface area contributed by atoms with Gasteiger partial charge in [0.2, 0.25) is 0 Å². The highest BCUT2D eigenvalue weighted by Crippen LogP contribution is 2.27. The van der Waals surface area contributed by atoms with Gasteiger partial charge in [-0.2, -0.15) is 0 Å². The zero-order valence-electron chi connectivity index (χ0n) is 16.3. The molecular formula is C20H21F2N5O2S. The molecule has 30 heavy (non-hydrogen) atoms. The van der Waals surface area contributed by atoms with E-state index in [1.54, 1.807) is 17.2 Å². The van der Waals surface area contributed by atoms with E-state index in [4.69, 9.17) is 5.11 Å². The summed E-state index contributed by atoms with van der Waals surface area (Å²) >= 11 is 1.21. The quantitative estimate of drug-likeness (QED) is 0.660. The number of piperazine rings is 1. The third kappa shape index (κ3) is 4.19. The second-order valence-electron chi connectivity index (χ2n) is 7.17. The van der Waals surface area contributed by atoms with Crippen molar-refractivity contribution in [2.45, 2.75) is 19.4 Å². The monoisotopic (exact) mass is 433 g/mol. The Morgan fingerprint density at radius 3 is 2.90 bits per heavy atom. The Bertz CT molecular complexity index is 1080. The maximum Gasteiger partial charge on any atom is 0.323 e. The fraction of sp³-hybridized carbons (Fsp3) is 0.350. The third-order valence-electron chi connectivity index (χ3n) is 5.03. The summed E-state index contributed by atoms with van der Waals surface area (Å²) in [7, 11) is 0. The minimum Gasteiger partial charge on any atom is -0.396 e. The molecule has 1 aliphatic heterocycles. The Balaban J connectivity index is 1.41. The molecule has 0 unspecified atom stereocenters. The molecule has 0 spiro atoms. The predicted molar refractivity (Wildman–Crippen MR) is 112 cm³/mol. The fourth-order valence-corrected chi connectivity index (χ4v) is 4.41. The zero-order valence-corrected chi connectivity index (χ0v) is 17.1. The maximum atomic E-state index is 14.5. The van der Waals surface area contributed by atoms with E-state index in [-0.39, 0.29) is 30.3 Å². The average molecular weight is 433 g/mol. The SMILES string of the molecule is C[C@H]1CN(C(=O)Nc2nc3ccc(F)cc3s2)CCN1c1ncc(CCO)cc1F. The van der Waals surface area contributed by atoms with Crippen LogP contribution in [0, 0.1) is 11.6 Å². The number of urea groups is 1. The van der Waals surface area contributed by atoms with Gasteiger partial charge in [-0.1, -0.05) is 11.3 Å². The van der Waals surface area contributed by atoms with Crippen LogP contribution in [0.25, 0.3) is 10.2 Å². The average Bonchev–Trinajstić information content (AvgIpc) is 3.10. The number of thiazole rings is 1. The molecule has 1 aromatic carbocycles. The molecule has 2 aromatic heterocycles. The van der Waals surface area contributed by atoms with Gasteiger partial charge in [0, 0.05) is 38.5 Å². The summed E-state index contributed by atoms with van der Waals surface area (Å²) in [5.41, 5.74) is 1.27. The number of aliphatic hydroxyl groups excluding tert-OH is 1. The second kappa shape index (κ2) is 8.49. The third-order valence-corrected chi connectivity index (χ3v) is 5.96. The standard InChI is InChI=1S/C20H21F2N5O2S/c1-12-11-26(5-6-27(12)18-15(22)8-13(4-7-28)10-23-18)20(29)25-19-24-16-3-2-14(21)9-17(16)30-19/h2-3,8-10,12,28H,4-7,11H2,1H3,(H,24,25,29)/t12-/m0/s1. The smallest absolute Gasteiger partial charge is 0.323 e. The van der Waals surface area contributed by atoms with Gasteiger partial charge in [-0.25, -0.2) is 23.5 Å². The maximum absolute atomic E-state index is 14.5. The number of carbonyl (C=O) groups excluding carboxylic acids is 1. The van der Waals surface area contributed by atoms with Crippen molar-refractivity contribution in [3.8, 4) is 0 Å². The zero-order chi connectivity index (χ0) is 21.3. The first-order chi connectivity index (χ1) is 14.4. The van der Waals surface area contributed by atoms with Crippen LogP contribution in [0.3, 0.4) is 0 Å². The number of carbonyl (C=O) groups is 1. The number of rotatable bonds is 4. The minimum absolute atomic E-state index is 0.0613. The summed E-state index contributed by atoms with van der Waals surface area (Å²) in [6, 6.07) is 5.24. The molecule has 0 aliphatic carbocycles. The molecule has 0 radical (unpaired) electrons. The van der Waals surface area contributed by atoms with Crippen LogP contribution in [0.4, 0.5) is 24.5 Å². The van der Waals surface area contributed by atoms with E-state index in [1.165, 1.54) is 29.5 Å². The Hall–Kier alpha value is -2.85. The van der Waals surface area contributed by atoms with Crippen molar-refractivity contribution >= 4 is 38.5 Å². The van der Waals surface area contributed by atoms with Crippen LogP contribution in [0.5, 0.6) is 0 Å². The molecule has 7 nitrogen and oxygen atoms in total. The number of pyridine rings is 1. The number of aromatic nitrogens is 2. The van der Waals surface area contributed by atoms with E-state index >= 15 is 0 Å². The van der Waals surface area contributed by atoms with Crippen LogP contribution < -0.4 is 10.2 Å². The fourth-order valence-electron chi connectivity index (χ4n) is 3.53. The van der Waals surface area contributed by atoms with Crippen LogP contribution in [-0.4, -0.2) is 58.3 Å². The Labute approximate surface area is 176 Å². The number of nitrogens with zero attached hydrogens (tertiary/aromatic N) is 4. The van der Waals surface area contributed by atoms with Crippen molar-refractivity contribution < 1.29 is 18.7 Å². The van der Waals surface area contributed by atoms with Crippen LogP contribution in [-0.2, 0) is 6.42 Å². The molecule has 10 heteroatoms. The second-order valence-corrected chi connectivity index (χ2v) is 8.20. The lowest BCUT2D eigenvalue weighted by molar-refractivity contribution is 0.199. The number of halogens is 2. The number of benzene rings is 1. The van der Waals surface area contributed by atoms with Crippen molar-refractivity contribution in [2.75, 3.05) is 36.5 Å². The van der Waals surface area contributed by atoms with Crippen LogP contribution in [0.15, 0.2) is 30.5 Å². The molecule has 3 aromatic rings. The number of aliphatic hydroxyl groups is 1. The Morgan fingerprint density at radius 1 is 1.33 bits per heavy atom. The topological polar surface area (TPSA) is 81.6 Å². The molecule has 1 atom stereocenters. The summed E-state index contributed by atoms with van der Waals surface area (Å²) in [5.74, 6) is -0.538. The number of nitrogens with one attached hydrogen (secondary N) is 1. The van der Waals surface area contributed by atoms with Gasteiger partial charge in [0.25, 0.3) is 0 Å². The largest absolute Gasteiger partial charge is 0.396 e. The molecule has 158 valence electrons. The van der Waals surface area contributed by atoms with E-state index < -0.39 is 5.82 Å². The lowest BCUT2D eigenvalue weighted by atomic mass is 10.1. The first-order valence-corrected chi connectivity index (χ1v) is 10.4. The summed E-state index contributed by atoms with van der Waals surface area (Å²) in [4.78, 5) is 24.7. The van der Waals surface area contributed by atoms with Gasteiger partial charge < -0.3 is 14.9 Å². The highest BCUT2D eigenvalue weighted by atomic mass is 32.1.